The Bertz CT molecular complexity index is 1980. The number of carbonyl (C=O) groups excluding carboxylic acids is 3. The van der Waals surface area contributed by atoms with Crippen molar-refractivity contribution in [2.45, 2.75) is 62.7 Å². The molecule has 15 heteroatoms. The number of ether oxygens (including phenoxy) is 1. The largest absolute Gasteiger partial charge is 0.453 e. The summed E-state index contributed by atoms with van der Waals surface area (Å²) in [6.45, 7) is -1.54. The maximum absolute atomic E-state index is 14.0. The van der Waals surface area contributed by atoms with Gasteiger partial charge in [0.1, 0.15) is 28.9 Å². The molecule has 4 N–H and O–H groups in total. The number of halogens is 1. The van der Waals surface area contributed by atoms with Crippen LogP contribution in [0.1, 0.15) is 66.9 Å². The maximum Gasteiger partial charge on any atom is 0.407 e. The van der Waals surface area contributed by atoms with E-state index in [0.717, 1.165) is 0 Å². The number of aromatic nitrogens is 6. The summed E-state index contributed by atoms with van der Waals surface area (Å²) in [4.78, 5) is 58.9. The Labute approximate surface area is 243 Å². The first-order chi connectivity index (χ1) is 21.6. The molecule has 4 aromatic rings. The number of hydrogen-bond donors (Lipinski definition) is 3. The zero-order valence-corrected chi connectivity index (χ0v) is 22.7. The van der Waals surface area contributed by atoms with Gasteiger partial charge in [0.15, 0.2) is 11.6 Å². The van der Waals surface area contributed by atoms with Crippen LogP contribution in [0.25, 0.3) is 16.6 Å². The zero-order chi connectivity index (χ0) is 33.3. The molecule has 0 spiro atoms. The number of nitrogens with one attached hydrogen (secondary N) is 2. The average molecular weight is 584 g/mol. The summed E-state index contributed by atoms with van der Waals surface area (Å²) >= 11 is 0. The predicted octanol–water partition coefficient (Wildman–Crippen LogP) is 2.03. The lowest BCUT2D eigenvalue weighted by Gasteiger charge is -2.39. The third-order valence-electron chi connectivity index (χ3n) is 7.98. The van der Waals surface area contributed by atoms with Crippen molar-refractivity contribution in [3.63, 3.8) is 0 Å². The van der Waals surface area contributed by atoms with Crippen LogP contribution in [0, 0.1) is 0 Å². The van der Waals surface area contributed by atoms with Gasteiger partial charge in [-0.25, -0.2) is 28.5 Å². The molecule has 2 aliphatic carbocycles. The van der Waals surface area contributed by atoms with Gasteiger partial charge in [-0.3, -0.25) is 18.7 Å². The summed E-state index contributed by atoms with van der Waals surface area (Å²) < 4.78 is 54.5. The monoisotopic (exact) mass is 583 g/mol. The smallest absolute Gasteiger partial charge is 0.407 e. The molecule has 0 aliphatic heterocycles. The van der Waals surface area contributed by atoms with E-state index in [4.69, 9.17) is 11.2 Å². The van der Waals surface area contributed by atoms with E-state index in [1.54, 1.807) is 6.07 Å². The van der Waals surface area contributed by atoms with Crippen molar-refractivity contribution in [1.29, 1.82) is 0 Å². The lowest BCUT2D eigenvalue weighted by Crippen LogP contribution is -2.53. The van der Waals surface area contributed by atoms with Gasteiger partial charge in [0, 0.05) is 49.0 Å². The molecule has 2 fully saturated rings. The van der Waals surface area contributed by atoms with Crippen LogP contribution in [0.2, 0.25) is 0 Å². The second-order valence-electron chi connectivity index (χ2n) is 10.6. The van der Waals surface area contributed by atoms with Gasteiger partial charge in [0.25, 0.3) is 0 Å². The van der Waals surface area contributed by atoms with E-state index in [2.05, 4.69) is 30.4 Å². The average Bonchev–Trinajstić information content (AvgIpc) is 3.61. The molecule has 0 radical (unpaired) electrons. The fraction of sp³-hybridized carbons (Fsp3) is 0.444. The lowest BCUT2D eigenvalue weighted by atomic mass is 9.66. The molecule has 2 atom stereocenters. The minimum Gasteiger partial charge on any atom is -0.453 e. The third kappa shape index (κ3) is 4.26. The molecule has 220 valence electrons. The van der Waals surface area contributed by atoms with Gasteiger partial charge in [-0.15, -0.1) is 5.10 Å². The highest BCUT2D eigenvalue weighted by molar-refractivity contribution is 5.99. The molecule has 0 bridgehead atoms. The molecule has 0 saturated heterocycles. The van der Waals surface area contributed by atoms with Gasteiger partial charge in [0.05, 0.1) is 31.2 Å². The van der Waals surface area contributed by atoms with Crippen LogP contribution in [0.3, 0.4) is 0 Å². The van der Waals surface area contributed by atoms with E-state index in [1.807, 2.05) is 0 Å². The van der Waals surface area contributed by atoms with Crippen LogP contribution < -0.4 is 22.1 Å². The number of alkyl halides is 1. The maximum atomic E-state index is 14.0. The Kier molecular flexibility index (Phi) is 5.39. The van der Waals surface area contributed by atoms with Crippen LogP contribution in [0.5, 0.6) is 0 Å². The minimum absolute atomic E-state index is 0.00860. The number of aryl methyl sites for hydroxylation is 1. The lowest BCUT2D eigenvalue weighted by molar-refractivity contribution is -0.129. The minimum atomic E-state index is -2.84. The fourth-order valence-electron chi connectivity index (χ4n) is 5.83. The Morgan fingerprint density at radius 2 is 2.00 bits per heavy atom. The summed E-state index contributed by atoms with van der Waals surface area (Å²) in [6, 6.07) is 2.46. The molecule has 2 amide bonds. The molecule has 6 rings (SSSR count). The molecule has 0 unspecified atom stereocenters. The number of carbonyl (C=O) groups is 3. The van der Waals surface area contributed by atoms with E-state index in [1.165, 1.54) is 41.4 Å². The Morgan fingerprint density at radius 1 is 1.21 bits per heavy atom. The number of imidazole rings is 2. The molecule has 2 saturated carbocycles. The third-order valence-corrected chi connectivity index (χ3v) is 7.98. The van der Waals surface area contributed by atoms with Crippen molar-refractivity contribution >= 4 is 46.0 Å². The number of fused-ring (bicyclic) bond motifs is 2. The summed E-state index contributed by atoms with van der Waals surface area (Å²) in [5, 5.41) is 9.97. The Hall–Kier alpha value is -4.82. The zero-order valence-electron chi connectivity index (χ0n) is 26.7. The number of primary amides is 1. The number of nitrogens with zero attached hydrogens (tertiary/aromatic N) is 6. The molecule has 42 heavy (non-hydrogen) atoms. The van der Waals surface area contributed by atoms with Crippen molar-refractivity contribution < 1.29 is 29.0 Å². The number of pyridine rings is 1. The van der Waals surface area contributed by atoms with Crippen molar-refractivity contribution in [1.82, 2.24) is 34.0 Å². The van der Waals surface area contributed by atoms with Gasteiger partial charge in [-0.1, -0.05) is 0 Å². The van der Waals surface area contributed by atoms with Crippen LogP contribution >= 0.6 is 0 Å². The number of anilines is 2. The van der Waals surface area contributed by atoms with Crippen LogP contribution in [-0.4, -0.2) is 65.8 Å². The second-order valence-corrected chi connectivity index (χ2v) is 10.6. The quantitative estimate of drug-likeness (QED) is 0.274. The van der Waals surface area contributed by atoms with Gasteiger partial charge in [-0.2, -0.15) is 0 Å². The number of amides is 2. The van der Waals surface area contributed by atoms with Crippen molar-refractivity contribution in [2.75, 3.05) is 12.4 Å². The van der Waals surface area contributed by atoms with Crippen molar-refractivity contribution in [2.24, 2.45) is 12.7 Å². The first-order valence-corrected chi connectivity index (χ1v) is 13.2. The molecule has 0 aromatic carbocycles. The topological polar surface area (TPSA) is 181 Å². The fourth-order valence-corrected chi connectivity index (χ4v) is 5.83. The Balaban J connectivity index is 1.42. The van der Waals surface area contributed by atoms with E-state index >= 15 is 0 Å². The molecule has 2 aliphatic rings. The number of ketones is 1. The summed E-state index contributed by atoms with van der Waals surface area (Å²) in [6.07, 6.45) is -0.763. The predicted molar refractivity (Wildman–Crippen MR) is 148 cm³/mol. The van der Waals surface area contributed by atoms with Crippen LogP contribution in [0.4, 0.5) is 20.8 Å². The van der Waals surface area contributed by atoms with Crippen LogP contribution in [0.15, 0.2) is 29.2 Å². The van der Waals surface area contributed by atoms with E-state index in [0.29, 0.717) is 11.0 Å². The first-order valence-electron chi connectivity index (χ1n) is 15.2. The van der Waals surface area contributed by atoms with E-state index < -0.39 is 54.1 Å². The number of hydrogen-bond acceptors (Lipinski definition) is 9. The Morgan fingerprint density at radius 3 is 2.67 bits per heavy atom. The molecule has 4 aromatic heterocycles. The van der Waals surface area contributed by atoms with Gasteiger partial charge in [-0.05, 0) is 31.4 Å². The second kappa shape index (κ2) is 9.92. The van der Waals surface area contributed by atoms with Gasteiger partial charge in [0.2, 0.25) is 5.91 Å². The molecule has 4 heterocycles. The highest BCUT2D eigenvalue weighted by Gasteiger charge is 2.54. The van der Waals surface area contributed by atoms with Gasteiger partial charge >= 0.3 is 11.8 Å². The summed E-state index contributed by atoms with van der Waals surface area (Å²) in [7, 11) is 1.17. The number of alkyl carbamates (subject to hydrolysis) is 1. The first kappa shape index (κ1) is 22.8. The van der Waals surface area contributed by atoms with Crippen molar-refractivity contribution in [3.8, 4) is 0 Å². The standard InChI is InChI=1S/C27H30FN9O5/c1-13(38)22-17-6-7-20(34-37(17)24(33-22)27(23(29)39)10-14(28)11-27)32-21-9-18-19(12-30-21)35(2)26(41)36(18)16-5-4-15(8-16)31-25(40)42-3/h6-7,9,12,14-16H,4-5,8,10-11H2,1-3H3,(H2,29,39)(H,31,40)(H,30,32,34)/t14?,15-,16-,27?/m1/s1/i2D3,15D. The molecular formula is C27H30FN9O5. The highest BCUT2D eigenvalue weighted by Crippen LogP contribution is 2.45. The van der Waals surface area contributed by atoms with Crippen LogP contribution in [-0.2, 0) is 21.9 Å². The highest BCUT2D eigenvalue weighted by atomic mass is 19.1. The van der Waals surface area contributed by atoms with E-state index in [-0.39, 0.29) is 65.4 Å². The SMILES string of the molecule is [2H]C([2H])([2H])n1c(=O)n([C@@H]2CC[C@@]([2H])(NC(=O)OC)C2)c2cc(Nc3ccc4c(C(C)=O)nc(C5(C(N)=O)CC(F)C5)n4n3)ncc21. The van der Waals surface area contributed by atoms with Crippen molar-refractivity contribution in [3.05, 3.63) is 46.4 Å². The molecular weight excluding hydrogens is 549 g/mol. The molecule has 14 nitrogen and oxygen atoms in total. The number of rotatable bonds is 7. The summed E-state index contributed by atoms with van der Waals surface area (Å²) in [5.74, 6) is -0.829. The number of Topliss-reactive ketones (excluding diaryl/α,β-unsaturated/α-hetero) is 1. The van der Waals surface area contributed by atoms with E-state index in [9.17, 15) is 23.6 Å². The normalized spacial score (nSPS) is 27.0. The van der Waals surface area contributed by atoms with Gasteiger partial charge < -0.3 is 21.1 Å². The number of methoxy groups -OCH3 is 1. The summed E-state index contributed by atoms with van der Waals surface area (Å²) in [5.41, 5.74) is 3.95. The number of nitrogens with two attached hydrogens (primary N) is 1.